The lowest BCUT2D eigenvalue weighted by Crippen LogP contribution is -2.07. The minimum absolute atomic E-state index is 0.0114. The van der Waals surface area contributed by atoms with Crippen molar-refractivity contribution in [1.82, 2.24) is 19.9 Å². The van der Waals surface area contributed by atoms with Crippen LogP contribution in [0.5, 0.6) is 0 Å². The number of carbonyl (C=O) groups is 2. The predicted molar refractivity (Wildman–Crippen MR) is 169 cm³/mol. The second-order valence-electron chi connectivity index (χ2n) is 11.6. The van der Waals surface area contributed by atoms with Crippen LogP contribution in [0.1, 0.15) is 108 Å². The zero-order chi connectivity index (χ0) is 31.2. The van der Waals surface area contributed by atoms with E-state index in [1.807, 2.05) is 39.8 Å². The molecule has 2 aliphatic rings. The van der Waals surface area contributed by atoms with Gasteiger partial charge < -0.3 is 24.9 Å². The first-order valence-corrected chi connectivity index (χ1v) is 14.9. The summed E-state index contributed by atoms with van der Waals surface area (Å²) in [6, 6.07) is 6.04. The van der Waals surface area contributed by atoms with Gasteiger partial charge in [-0.25, -0.2) is 9.78 Å². The van der Waals surface area contributed by atoms with Gasteiger partial charge in [0.15, 0.2) is 0 Å². The lowest BCUT2D eigenvalue weighted by Gasteiger charge is -2.16. The second kappa shape index (κ2) is 11.8. The molecule has 43 heavy (non-hydrogen) atoms. The van der Waals surface area contributed by atoms with Gasteiger partial charge in [-0.05, 0) is 93.5 Å². The minimum atomic E-state index is -1.02. The number of rotatable bonds is 8. The third-order valence-electron chi connectivity index (χ3n) is 9.10. The number of aromatic carboxylic acids is 1. The number of carboxylic acids is 2. The molecule has 0 fully saturated rings. The van der Waals surface area contributed by atoms with Crippen molar-refractivity contribution >= 4 is 45.2 Å². The Balaban J connectivity index is 1.96. The number of nitrogens with zero attached hydrogens (tertiary/aromatic N) is 2. The molecule has 5 heterocycles. The van der Waals surface area contributed by atoms with Crippen LogP contribution in [-0.4, -0.2) is 55.3 Å². The van der Waals surface area contributed by atoms with Crippen LogP contribution in [0.15, 0.2) is 18.2 Å². The highest BCUT2D eigenvalue weighted by atomic mass is 16.5. The fraction of sp³-hybridized carbons (Fsp3) is 0.412. The van der Waals surface area contributed by atoms with Crippen molar-refractivity contribution in [3.05, 3.63) is 68.8 Å². The van der Waals surface area contributed by atoms with Gasteiger partial charge in [0.25, 0.3) is 0 Å². The number of aromatic nitrogens is 4. The maximum atomic E-state index is 12.6. The number of hydrogen-bond acceptors (Lipinski definition) is 5. The predicted octanol–water partition coefficient (Wildman–Crippen LogP) is 7.22. The van der Waals surface area contributed by atoms with Crippen molar-refractivity contribution in [2.75, 3.05) is 13.2 Å². The number of aryl methyl sites for hydroxylation is 4. The van der Waals surface area contributed by atoms with E-state index in [2.05, 4.69) is 36.8 Å². The van der Waals surface area contributed by atoms with E-state index in [4.69, 9.17) is 14.7 Å². The Bertz CT molecular complexity index is 1830. The average molecular weight is 585 g/mol. The van der Waals surface area contributed by atoms with Crippen LogP contribution in [0.25, 0.3) is 33.2 Å². The highest BCUT2D eigenvalue weighted by molar-refractivity contribution is 6.02. The van der Waals surface area contributed by atoms with Gasteiger partial charge >= 0.3 is 11.9 Å². The van der Waals surface area contributed by atoms with Crippen molar-refractivity contribution in [2.45, 2.75) is 79.6 Å². The molecule has 9 nitrogen and oxygen atoms in total. The molecule has 0 spiro atoms. The zero-order valence-electron chi connectivity index (χ0n) is 25.9. The molecule has 0 amide bonds. The maximum absolute atomic E-state index is 12.6. The van der Waals surface area contributed by atoms with Crippen molar-refractivity contribution in [1.29, 1.82) is 0 Å². The number of carboxylic acid groups (broad SMARTS) is 2. The molecular formula is C34H40N4O5. The molecule has 0 saturated heterocycles. The number of aliphatic carboxylic acids is 1. The normalized spacial score (nSPS) is 16.6. The molecule has 0 saturated carbocycles. The molecular weight excluding hydrogens is 544 g/mol. The molecule has 0 aliphatic carbocycles. The molecule has 3 aromatic heterocycles. The van der Waals surface area contributed by atoms with Gasteiger partial charge in [-0.3, -0.25) is 9.78 Å². The summed E-state index contributed by atoms with van der Waals surface area (Å²) in [5, 5.41) is 19.8. The smallest absolute Gasteiger partial charge is 0.338 e. The third-order valence-corrected chi connectivity index (χ3v) is 9.10. The summed E-state index contributed by atoms with van der Waals surface area (Å²) in [5.41, 5.74) is 12.0. The third kappa shape index (κ3) is 5.38. The highest BCUT2D eigenvalue weighted by Gasteiger charge is 2.32. The van der Waals surface area contributed by atoms with Gasteiger partial charge in [-0.1, -0.05) is 13.8 Å². The minimum Gasteiger partial charge on any atom is -0.481 e. The fourth-order valence-electron chi connectivity index (χ4n) is 6.49. The Morgan fingerprint density at radius 2 is 1.63 bits per heavy atom. The van der Waals surface area contributed by atoms with E-state index in [0.717, 1.165) is 56.8 Å². The Kier molecular flexibility index (Phi) is 8.29. The Labute approximate surface area is 251 Å². The molecule has 5 rings (SSSR count). The first kappa shape index (κ1) is 30.2. The van der Waals surface area contributed by atoms with Gasteiger partial charge in [-0.2, -0.15) is 0 Å². The Morgan fingerprint density at radius 3 is 2.28 bits per heavy atom. The van der Waals surface area contributed by atoms with Crippen LogP contribution in [0.3, 0.4) is 0 Å². The van der Waals surface area contributed by atoms with Crippen LogP contribution in [-0.2, 0) is 16.0 Å². The lowest BCUT2D eigenvalue weighted by atomic mass is 9.85. The van der Waals surface area contributed by atoms with Gasteiger partial charge in [0.2, 0.25) is 0 Å². The largest absolute Gasteiger partial charge is 0.481 e. The standard InChI is InChI=1S/C34H40N4O5/c1-8-21-16(3)25-13-29-23(15-43-9-2)18(5)24(36-29)12-26-17(4)22(10-11-30(39)40)32(37-26)20(7)33-31(34(41)42)19(6)27(38-33)14-28(21)35-25/h12-14,17,22,35,38H,8-11,15H2,1-7H3,(H,39,40)(H,41,42)/t17-,22-/m0/s1. The van der Waals surface area contributed by atoms with Crippen molar-refractivity contribution in [3.63, 3.8) is 0 Å². The molecule has 2 atom stereocenters. The van der Waals surface area contributed by atoms with E-state index in [1.54, 1.807) is 0 Å². The van der Waals surface area contributed by atoms with Gasteiger partial charge in [0.05, 0.1) is 29.1 Å². The number of nitrogens with one attached hydrogen (secondary N) is 2. The van der Waals surface area contributed by atoms with E-state index in [1.165, 1.54) is 0 Å². The van der Waals surface area contributed by atoms with E-state index < -0.39 is 11.9 Å². The number of ether oxygens (including phenoxy) is 1. The SMILES string of the molecule is CCOCC1=C(C)c2cc3nc(c(C)c4[nH]c(cc5[nH]c(cc1n2)c(C)c5CC)c(C)c4C(=O)O)[C@@H](CCC(=O)O)[C@@H]3C. The number of H-pyrrole nitrogens is 2. The number of hydrogen-bond donors (Lipinski definition) is 4. The number of aromatic amines is 2. The molecule has 8 bridgehead atoms. The van der Waals surface area contributed by atoms with Crippen LogP contribution in [0, 0.1) is 20.8 Å². The lowest BCUT2D eigenvalue weighted by molar-refractivity contribution is -0.137. The number of allylic oxidation sites excluding steroid dienone is 1. The first-order chi connectivity index (χ1) is 20.5. The number of fused-ring (bicyclic) bond motifs is 8. The average Bonchev–Trinajstić information content (AvgIpc) is 3.63. The summed E-state index contributed by atoms with van der Waals surface area (Å²) in [5.74, 6) is -2.18. The monoisotopic (exact) mass is 584 g/mol. The van der Waals surface area contributed by atoms with E-state index >= 15 is 0 Å². The molecule has 226 valence electrons. The van der Waals surface area contributed by atoms with Crippen LogP contribution >= 0.6 is 0 Å². The molecule has 4 N–H and O–H groups in total. The molecule has 9 heteroatoms. The van der Waals surface area contributed by atoms with Crippen molar-refractivity contribution < 1.29 is 24.5 Å². The highest BCUT2D eigenvalue weighted by Crippen LogP contribution is 2.42. The fourth-order valence-corrected chi connectivity index (χ4v) is 6.49. The van der Waals surface area contributed by atoms with Crippen molar-refractivity contribution in [2.24, 2.45) is 0 Å². The summed E-state index contributed by atoms with van der Waals surface area (Å²) in [6.07, 6.45) is 1.17. The van der Waals surface area contributed by atoms with Crippen LogP contribution in [0.4, 0.5) is 0 Å². The Morgan fingerprint density at radius 1 is 0.907 bits per heavy atom. The Hall–Kier alpha value is -4.24. The topological polar surface area (TPSA) is 141 Å². The zero-order valence-corrected chi connectivity index (χ0v) is 25.9. The molecule has 0 radical (unpaired) electrons. The molecule has 0 unspecified atom stereocenters. The molecule has 2 aliphatic heterocycles. The first-order valence-electron chi connectivity index (χ1n) is 14.9. The summed E-state index contributed by atoms with van der Waals surface area (Å²) in [6.45, 7) is 15.0. The van der Waals surface area contributed by atoms with Gasteiger partial charge in [0, 0.05) is 58.4 Å². The quantitative estimate of drug-likeness (QED) is 0.219. The summed E-state index contributed by atoms with van der Waals surface area (Å²) >= 11 is 0. The summed E-state index contributed by atoms with van der Waals surface area (Å²) < 4.78 is 5.85. The van der Waals surface area contributed by atoms with Crippen molar-refractivity contribution in [3.8, 4) is 0 Å². The molecule has 0 aromatic carbocycles. The van der Waals surface area contributed by atoms with E-state index in [-0.39, 0.29) is 23.8 Å². The van der Waals surface area contributed by atoms with E-state index in [0.29, 0.717) is 47.5 Å². The molecule has 3 aromatic rings. The second-order valence-corrected chi connectivity index (χ2v) is 11.6. The summed E-state index contributed by atoms with van der Waals surface area (Å²) in [4.78, 5) is 41.3. The maximum Gasteiger partial charge on any atom is 0.338 e. The summed E-state index contributed by atoms with van der Waals surface area (Å²) in [7, 11) is 0. The van der Waals surface area contributed by atoms with Gasteiger partial charge in [-0.15, -0.1) is 0 Å². The van der Waals surface area contributed by atoms with Crippen LogP contribution < -0.4 is 0 Å². The van der Waals surface area contributed by atoms with Gasteiger partial charge in [0.1, 0.15) is 0 Å². The van der Waals surface area contributed by atoms with E-state index in [9.17, 15) is 19.8 Å². The van der Waals surface area contributed by atoms with Crippen LogP contribution in [0.2, 0.25) is 0 Å².